The van der Waals surface area contributed by atoms with E-state index < -0.39 is 0 Å². The highest BCUT2D eigenvalue weighted by Gasteiger charge is 2.28. The van der Waals surface area contributed by atoms with Crippen molar-refractivity contribution >= 4 is 24.2 Å². The van der Waals surface area contributed by atoms with Gasteiger partial charge in [-0.15, -0.1) is 12.4 Å². The zero-order valence-corrected chi connectivity index (χ0v) is 10.9. The van der Waals surface area contributed by atoms with Gasteiger partial charge in [0.25, 0.3) is 0 Å². The third kappa shape index (κ3) is 3.85. The number of likely N-dealkylation sites (tertiary alicyclic amines) is 1. The number of nitrogens with one attached hydrogen (secondary N) is 2. The van der Waals surface area contributed by atoms with Crippen LogP contribution in [-0.4, -0.2) is 48.9 Å². The summed E-state index contributed by atoms with van der Waals surface area (Å²) >= 11 is 0. The second-order valence-corrected chi connectivity index (χ2v) is 4.74. The van der Waals surface area contributed by atoms with Crippen LogP contribution >= 0.6 is 12.4 Å². The number of hydrogen-bond donors (Lipinski definition) is 2. The normalized spacial score (nSPS) is 28.1. The summed E-state index contributed by atoms with van der Waals surface area (Å²) in [6.07, 6.45) is 3.22. The second kappa shape index (κ2) is 6.21. The Labute approximate surface area is 108 Å². The van der Waals surface area contributed by atoms with Gasteiger partial charge in [0.05, 0.1) is 6.04 Å². The van der Waals surface area contributed by atoms with Gasteiger partial charge in [0.1, 0.15) is 0 Å². The lowest BCUT2D eigenvalue weighted by molar-refractivity contribution is -0.126. The Morgan fingerprint density at radius 2 is 2.35 bits per heavy atom. The van der Waals surface area contributed by atoms with Crippen LogP contribution in [0.2, 0.25) is 0 Å². The molecule has 0 bridgehead atoms. The van der Waals surface area contributed by atoms with Gasteiger partial charge >= 0.3 is 0 Å². The molecular formula is C11H20ClN3O2. The predicted molar refractivity (Wildman–Crippen MR) is 67.1 cm³/mol. The minimum absolute atomic E-state index is 0. The first-order valence-electron chi connectivity index (χ1n) is 5.92. The molecule has 0 aromatic rings. The molecule has 2 aliphatic rings. The number of carbonyl (C=O) groups is 2. The van der Waals surface area contributed by atoms with E-state index in [-0.39, 0.29) is 30.3 Å². The minimum Gasteiger partial charge on any atom is -0.351 e. The fraction of sp³-hybridized carbons (Fsp3) is 0.818. The largest absolute Gasteiger partial charge is 0.351 e. The monoisotopic (exact) mass is 261 g/mol. The van der Waals surface area contributed by atoms with Crippen molar-refractivity contribution in [2.24, 2.45) is 0 Å². The van der Waals surface area contributed by atoms with Crippen LogP contribution in [0.5, 0.6) is 0 Å². The van der Waals surface area contributed by atoms with E-state index in [1.165, 1.54) is 0 Å². The lowest BCUT2D eigenvalue weighted by Crippen LogP contribution is -2.39. The number of nitrogens with zero attached hydrogens (tertiary/aromatic N) is 1. The van der Waals surface area contributed by atoms with Gasteiger partial charge in [-0.05, 0) is 19.4 Å². The van der Waals surface area contributed by atoms with E-state index in [9.17, 15) is 9.59 Å². The summed E-state index contributed by atoms with van der Waals surface area (Å²) < 4.78 is 0. The van der Waals surface area contributed by atoms with Crippen LogP contribution in [0.25, 0.3) is 0 Å². The molecule has 0 aromatic carbocycles. The highest BCUT2D eigenvalue weighted by atomic mass is 35.5. The number of rotatable bonds is 3. The molecule has 2 fully saturated rings. The van der Waals surface area contributed by atoms with Crippen LogP contribution in [0.15, 0.2) is 0 Å². The van der Waals surface area contributed by atoms with Gasteiger partial charge in [0, 0.05) is 32.5 Å². The van der Waals surface area contributed by atoms with E-state index in [4.69, 9.17) is 0 Å². The lowest BCUT2D eigenvalue weighted by atomic mass is 10.1. The zero-order valence-electron chi connectivity index (χ0n) is 10.1. The zero-order chi connectivity index (χ0) is 11.5. The Bertz CT molecular complexity index is 292. The van der Waals surface area contributed by atoms with Crippen LogP contribution < -0.4 is 10.6 Å². The molecule has 2 rings (SSSR count). The topological polar surface area (TPSA) is 61.4 Å². The van der Waals surface area contributed by atoms with Crippen molar-refractivity contribution in [2.45, 2.75) is 37.8 Å². The summed E-state index contributed by atoms with van der Waals surface area (Å²) in [7, 11) is 1.77. The molecular weight excluding hydrogens is 242 g/mol. The Balaban J connectivity index is 0.00000144. The van der Waals surface area contributed by atoms with Crippen LogP contribution in [-0.2, 0) is 9.59 Å². The van der Waals surface area contributed by atoms with E-state index in [1.807, 2.05) is 0 Å². The van der Waals surface area contributed by atoms with Crippen molar-refractivity contribution < 1.29 is 9.59 Å². The Hall–Kier alpha value is -0.810. The molecule has 2 saturated heterocycles. The van der Waals surface area contributed by atoms with Gasteiger partial charge < -0.3 is 15.5 Å². The smallest absolute Gasteiger partial charge is 0.224 e. The molecule has 2 heterocycles. The Morgan fingerprint density at radius 3 is 2.88 bits per heavy atom. The molecule has 5 nitrogen and oxygen atoms in total. The molecule has 6 heteroatoms. The summed E-state index contributed by atoms with van der Waals surface area (Å²) in [5.41, 5.74) is 0. The fourth-order valence-corrected chi connectivity index (χ4v) is 2.40. The predicted octanol–water partition coefficient (Wildman–Crippen LogP) is -0.103. The van der Waals surface area contributed by atoms with Crippen molar-refractivity contribution in [3.8, 4) is 0 Å². The molecule has 2 aliphatic heterocycles. The second-order valence-electron chi connectivity index (χ2n) is 4.74. The highest BCUT2D eigenvalue weighted by Crippen LogP contribution is 2.11. The number of likely N-dealkylation sites (N-methyl/N-ethyl adjacent to an activating group) is 1. The number of amides is 2. The molecule has 0 saturated carbocycles. The summed E-state index contributed by atoms with van der Waals surface area (Å²) in [5.74, 6) is 0.178. The van der Waals surface area contributed by atoms with E-state index in [2.05, 4.69) is 10.6 Å². The average Bonchev–Trinajstić information content (AvgIpc) is 2.78. The van der Waals surface area contributed by atoms with Crippen molar-refractivity contribution in [2.75, 3.05) is 20.1 Å². The Kier molecular flexibility index (Phi) is 5.21. The standard InChI is InChI=1S/C11H19N3O2.ClH/c1-14-7-9(6-11(14)16)13-10(15)5-8-3-2-4-12-8;/h8-9,12H,2-7H2,1H3,(H,13,15);1H. The highest BCUT2D eigenvalue weighted by molar-refractivity contribution is 5.85. The first kappa shape index (κ1) is 14.3. The molecule has 2 N–H and O–H groups in total. The molecule has 17 heavy (non-hydrogen) atoms. The number of halogens is 1. The maximum atomic E-state index is 11.7. The molecule has 2 unspecified atom stereocenters. The third-order valence-electron chi connectivity index (χ3n) is 3.30. The first-order chi connectivity index (χ1) is 7.65. The quantitative estimate of drug-likeness (QED) is 0.746. The van der Waals surface area contributed by atoms with Crippen LogP contribution in [0.1, 0.15) is 25.7 Å². The summed E-state index contributed by atoms with van der Waals surface area (Å²) in [6, 6.07) is 0.334. The van der Waals surface area contributed by atoms with Crippen molar-refractivity contribution in [3.05, 3.63) is 0 Å². The van der Waals surface area contributed by atoms with Crippen LogP contribution in [0.3, 0.4) is 0 Å². The molecule has 0 aliphatic carbocycles. The van der Waals surface area contributed by atoms with Crippen molar-refractivity contribution in [3.63, 3.8) is 0 Å². The third-order valence-corrected chi connectivity index (χ3v) is 3.30. The molecule has 0 radical (unpaired) electrons. The maximum absolute atomic E-state index is 11.7. The molecule has 98 valence electrons. The molecule has 0 aromatic heterocycles. The van der Waals surface area contributed by atoms with Crippen LogP contribution in [0.4, 0.5) is 0 Å². The maximum Gasteiger partial charge on any atom is 0.224 e. The van der Waals surface area contributed by atoms with E-state index in [0.717, 1.165) is 19.4 Å². The average molecular weight is 262 g/mol. The van der Waals surface area contributed by atoms with Gasteiger partial charge in [0.15, 0.2) is 0 Å². The summed E-state index contributed by atoms with van der Waals surface area (Å²) in [5, 5.41) is 6.22. The molecule has 0 spiro atoms. The van der Waals surface area contributed by atoms with E-state index in [0.29, 0.717) is 25.4 Å². The number of carbonyl (C=O) groups excluding carboxylic acids is 2. The van der Waals surface area contributed by atoms with Crippen LogP contribution in [0, 0.1) is 0 Å². The fourth-order valence-electron chi connectivity index (χ4n) is 2.40. The number of hydrogen-bond acceptors (Lipinski definition) is 3. The minimum atomic E-state index is 0. The van der Waals surface area contributed by atoms with Crippen molar-refractivity contribution in [1.82, 2.24) is 15.5 Å². The summed E-state index contributed by atoms with van der Waals surface area (Å²) in [6.45, 7) is 1.66. The van der Waals surface area contributed by atoms with Gasteiger partial charge in [-0.3, -0.25) is 9.59 Å². The SMILES string of the molecule is CN1CC(NC(=O)CC2CCCN2)CC1=O.Cl. The van der Waals surface area contributed by atoms with Crippen molar-refractivity contribution in [1.29, 1.82) is 0 Å². The molecule has 2 atom stereocenters. The van der Waals surface area contributed by atoms with E-state index in [1.54, 1.807) is 11.9 Å². The first-order valence-corrected chi connectivity index (χ1v) is 5.92. The lowest BCUT2D eigenvalue weighted by Gasteiger charge is -2.14. The van der Waals surface area contributed by atoms with E-state index >= 15 is 0 Å². The van der Waals surface area contributed by atoms with Gasteiger partial charge in [0.2, 0.25) is 11.8 Å². The summed E-state index contributed by atoms with van der Waals surface area (Å²) in [4.78, 5) is 24.6. The van der Waals surface area contributed by atoms with Gasteiger partial charge in [-0.25, -0.2) is 0 Å². The molecule has 2 amide bonds. The van der Waals surface area contributed by atoms with Gasteiger partial charge in [-0.1, -0.05) is 0 Å². The van der Waals surface area contributed by atoms with Gasteiger partial charge in [-0.2, -0.15) is 0 Å². The Morgan fingerprint density at radius 1 is 1.59 bits per heavy atom.